The molecule has 1 amide bonds. The van der Waals surface area contributed by atoms with E-state index in [0.29, 0.717) is 0 Å². The highest BCUT2D eigenvalue weighted by molar-refractivity contribution is 5.92. The van der Waals surface area contributed by atoms with Gasteiger partial charge in [-0.25, -0.2) is 0 Å². The molecule has 1 aromatic heterocycles. The fourth-order valence-electron chi connectivity index (χ4n) is 3.24. The molecule has 1 aromatic carbocycles. The topological polar surface area (TPSA) is 93.3 Å². The summed E-state index contributed by atoms with van der Waals surface area (Å²) < 4.78 is 1.42. The molecule has 2 aromatic rings. The van der Waals surface area contributed by atoms with Crippen molar-refractivity contribution in [2.24, 2.45) is 5.92 Å². The summed E-state index contributed by atoms with van der Waals surface area (Å²) in [6.45, 7) is 5.31. The first-order valence-electron chi connectivity index (χ1n) is 9.30. The van der Waals surface area contributed by atoms with Gasteiger partial charge in [-0.2, -0.15) is 5.10 Å². The van der Waals surface area contributed by atoms with Crippen LogP contribution < -0.4 is 5.32 Å². The summed E-state index contributed by atoms with van der Waals surface area (Å²) >= 11 is 0. The molecule has 144 valence electrons. The summed E-state index contributed by atoms with van der Waals surface area (Å²) in [5.74, 6) is -0.505. The Morgan fingerprint density at radius 3 is 2.59 bits per heavy atom. The van der Waals surface area contributed by atoms with Gasteiger partial charge in [-0.3, -0.25) is 24.5 Å². The van der Waals surface area contributed by atoms with Gasteiger partial charge in [0.25, 0.3) is 0 Å². The maximum absolute atomic E-state index is 12.4. The minimum Gasteiger partial charge on any atom is -0.326 e. The molecule has 0 saturated carbocycles. The van der Waals surface area contributed by atoms with E-state index in [0.717, 1.165) is 25.3 Å². The molecule has 1 unspecified atom stereocenters. The van der Waals surface area contributed by atoms with Crippen molar-refractivity contribution in [1.82, 2.24) is 14.7 Å². The van der Waals surface area contributed by atoms with Gasteiger partial charge < -0.3 is 5.32 Å². The van der Waals surface area contributed by atoms with Gasteiger partial charge >= 0.3 is 5.69 Å². The normalized spacial score (nSPS) is 16.0. The lowest BCUT2D eigenvalue weighted by molar-refractivity contribution is -0.385. The number of hydrogen-bond acceptors (Lipinski definition) is 5. The monoisotopic (exact) mass is 371 g/mol. The average molecular weight is 371 g/mol. The van der Waals surface area contributed by atoms with E-state index in [-0.39, 0.29) is 24.1 Å². The molecule has 1 aliphatic rings. The Bertz CT molecular complexity index is 781. The molecular formula is C19H25N5O3. The average Bonchev–Trinajstić information content (AvgIpc) is 3.13. The predicted octanol–water partition coefficient (Wildman–Crippen LogP) is 3.05. The zero-order valence-corrected chi connectivity index (χ0v) is 15.5. The Labute approximate surface area is 158 Å². The second-order valence-electron chi connectivity index (χ2n) is 7.10. The van der Waals surface area contributed by atoms with Crippen LogP contribution in [-0.2, 0) is 17.9 Å². The predicted molar refractivity (Wildman–Crippen MR) is 102 cm³/mol. The smallest absolute Gasteiger partial charge is 0.306 e. The van der Waals surface area contributed by atoms with Gasteiger partial charge in [-0.1, -0.05) is 25.5 Å². The number of likely N-dealkylation sites (tertiary alicyclic amines) is 1. The van der Waals surface area contributed by atoms with Crippen molar-refractivity contribution >= 4 is 17.3 Å². The van der Waals surface area contributed by atoms with Crippen molar-refractivity contribution in [1.29, 1.82) is 0 Å². The van der Waals surface area contributed by atoms with Crippen molar-refractivity contribution in [2.45, 2.75) is 39.3 Å². The fourth-order valence-corrected chi connectivity index (χ4v) is 3.24. The van der Waals surface area contributed by atoms with Crippen molar-refractivity contribution < 1.29 is 9.72 Å². The molecule has 1 atom stereocenters. The lowest BCUT2D eigenvalue weighted by Gasteiger charge is -2.26. The highest BCUT2D eigenvalue weighted by Crippen LogP contribution is 2.16. The zero-order chi connectivity index (χ0) is 19.2. The van der Waals surface area contributed by atoms with E-state index in [1.165, 1.54) is 41.9 Å². The third-order valence-corrected chi connectivity index (χ3v) is 4.82. The summed E-state index contributed by atoms with van der Waals surface area (Å²) in [7, 11) is 0. The molecule has 27 heavy (non-hydrogen) atoms. The van der Waals surface area contributed by atoms with Crippen LogP contribution in [0.25, 0.3) is 0 Å². The van der Waals surface area contributed by atoms with E-state index in [2.05, 4.69) is 15.3 Å². The maximum Gasteiger partial charge on any atom is 0.306 e. The second-order valence-corrected chi connectivity index (χ2v) is 7.10. The molecule has 0 bridgehead atoms. The molecule has 0 radical (unpaired) electrons. The molecule has 0 aliphatic carbocycles. The maximum atomic E-state index is 12.4. The number of benzene rings is 1. The van der Waals surface area contributed by atoms with Crippen LogP contribution in [0.15, 0.2) is 36.7 Å². The Hall–Kier alpha value is -2.74. The number of nitrogens with zero attached hydrogens (tertiary/aromatic N) is 4. The number of amides is 1. The Kier molecular flexibility index (Phi) is 6.18. The molecule has 8 nitrogen and oxygen atoms in total. The summed E-state index contributed by atoms with van der Waals surface area (Å²) in [4.78, 5) is 25.0. The van der Waals surface area contributed by atoms with Gasteiger partial charge in [-0.05, 0) is 43.6 Å². The Morgan fingerprint density at radius 2 is 1.96 bits per heavy atom. The van der Waals surface area contributed by atoms with Gasteiger partial charge in [0.05, 0.1) is 17.4 Å². The molecule has 8 heteroatoms. The molecule has 3 rings (SSSR count). The van der Waals surface area contributed by atoms with Crippen LogP contribution in [0.3, 0.4) is 0 Å². The number of nitro groups is 1. The number of rotatable bonds is 7. The molecule has 1 N–H and O–H groups in total. The minimum atomic E-state index is -0.500. The van der Waals surface area contributed by atoms with Crippen LogP contribution >= 0.6 is 0 Å². The molecule has 2 heterocycles. The van der Waals surface area contributed by atoms with Crippen LogP contribution in [0.5, 0.6) is 0 Å². The Morgan fingerprint density at radius 1 is 1.26 bits per heavy atom. The summed E-state index contributed by atoms with van der Waals surface area (Å²) in [5, 5.41) is 17.5. The molecule has 1 aliphatic heterocycles. The van der Waals surface area contributed by atoms with Crippen molar-refractivity contribution in [3.8, 4) is 0 Å². The fraction of sp³-hybridized carbons (Fsp3) is 0.474. The first-order chi connectivity index (χ1) is 13.0. The van der Waals surface area contributed by atoms with E-state index in [1.54, 1.807) is 6.92 Å². The Balaban J connectivity index is 1.51. The van der Waals surface area contributed by atoms with Crippen molar-refractivity contribution in [2.75, 3.05) is 18.4 Å². The quantitative estimate of drug-likeness (QED) is 0.596. The third kappa shape index (κ3) is 5.37. The number of carbonyl (C=O) groups is 1. The lowest BCUT2D eigenvalue weighted by atomic mass is 10.1. The highest BCUT2D eigenvalue weighted by atomic mass is 16.6. The van der Waals surface area contributed by atoms with Gasteiger partial charge in [0.15, 0.2) is 0 Å². The number of aromatic nitrogens is 2. The lowest BCUT2D eigenvalue weighted by Crippen LogP contribution is -2.29. The van der Waals surface area contributed by atoms with E-state index in [9.17, 15) is 14.9 Å². The van der Waals surface area contributed by atoms with Crippen LogP contribution in [0.4, 0.5) is 11.4 Å². The first-order valence-corrected chi connectivity index (χ1v) is 9.30. The van der Waals surface area contributed by atoms with Crippen LogP contribution in [0.1, 0.15) is 31.7 Å². The molecular weight excluding hydrogens is 346 g/mol. The van der Waals surface area contributed by atoms with E-state index >= 15 is 0 Å². The van der Waals surface area contributed by atoms with Gasteiger partial charge in [0.1, 0.15) is 12.4 Å². The van der Waals surface area contributed by atoms with Crippen LogP contribution in [-0.4, -0.2) is 38.6 Å². The van der Waals surface area contributed by atoms with Crippen molar-refractivity contribution in [3.05, 3.63) is 52.3 Å². The number of anilines is 1. The summed E-state index contributed by atoms with van der Waals surface area (Å²) in [5.41, 5.74) is 1.92. The van der Waals surface area contributed by atoms with E-state index in [1.807, 2.05) is 24.3 Å². The van der Waals surface area contributed by atoms with Gasteiger partial charge in [0, 0.05) is 12.2 Å². The van der Waals surface area contributed by atoms with E-state index < -0.39 is 4.92 Å². The number of hydrogen-bond donors (Lipinski definition) is 1. The van der Waals surface area contributed by atoms with Crippen LogP contribution in [0.2, 0.25) is 0 Å². The van der Waals surface area contributed by atoms with Gasteiger partial charge in [-0.15, -0.1) is 0 Å². The number of piperidine rings is 1. The minimum absolute atomic E-state index is 0.0769. The molecule has 1 saturated heterocycles. The summed E-state index contributed by atoms with van der Waals surface area (Å²) in [6.07, 6.45) is 6.38. The number of nitrogens with one attached hydrogen (secondary N) is 1. The van der Waals surface area contributed by atoms with Gasteiger partial charge in [0.2, 0.25) is 5.91 Å². The van der Waals surface area contributed by atoms with E-state index in [4.69, 9.17) is 0 Å². The summed E-state index contributed by atoms with van der Waals surface area (Å²) in [6, 6.07) is 7.93. The largest absolute Gasteiger partial charge is 0.326 e. The zero-order valence-electron chi connectivity index (χ0n) is 15.5. The van der Waals surface area contributed by atoms with Crippen LogP contribution in [0, 0.1) is 16.0 Å². The standard InChI is InChI=1S/C19H25N5O3/c1-15(12-23-14-18(11-20-23)24(26)27)19(25)21-17-7-5-16(6-8-17)13-22-9-3-2-4-10-22/h5-8,11,14-15H,2-4,9-10,12-13H2,1H3,(H,21,25). The second kappa shape index (κ2) is 8.77. The third-order valence-electron chi connectivity index (χ3n) is 4.82. The number of carbonyl (C=O) groups excluding carboxylic acids is 1. The molecule has 1 fully saturated rings. The SMILES string of the molecule is CC(Cn1cc([N+](=O)[O-])cn1)C(=O)Nc1ccc(CN2CCCCC2)cc1. The highest BCUT2D eigenvalue weighted by Gasteiger charge is 2.17. The van der Waals surface area contributed by atoms with Crippen molar-refractivity contribution in [3.63, 3.8) is 0 Å². The first kappa shape index (κ1) is 19.0. The molecule has 0 spiro atoms.